The summed E-state index contributed by atoms with van der Waals surface area (Å²) in [6.45, 7) is 1.27. The zero-order valence-electron chi connectivity index (χ0n) is 9.80. The second-order valence-electron chi connectivity index (χ2n) is 3.42. The second kappa shape index (κ2) is 7.41. The minimum atomic E-state index is -1.04. The number of benzene rings is 1. The Labute approximate surface area is 104 Å². The quantitative estimate of drug-likeness (QED) is 0.543. The van der Waals surface area contributed by atoms with Crippen LogP contribution in [0.15, 0.2) is 24.3 Å². The van der Waals surface area contributed by atoms with E-state index in [9.17, 15) is 9.59 Å². The number of aromatic carboxylic acids is 1. The van der Waals surface area contributed by atoms with Crippen LogP contribution in [0, 0.1) is 0 Å². The molecule has 0 aliphatic carbocycles. The van der Waals surface area contributed by atoms with E-state index in [2.05, 4.69) is 0 Å². The summed E-state index contributed by atoms with van der Waals surface area (Å²) in [5, 5.41) is 8.70. The van der Waals surface area contributed by atoms with Crippen molar-refractivity contribution in [3.8, 4) is 0 Å². The van der Waals surface area contributed by atoms with Crippen molar-refractivity contribution in [3.05, 3.63) is 35.4 Å². The number of ether oxygens (including phenoxy) is 2. The van der Waals surface area contributed by atoms with Crippen LogP contribution in [0.5, 0.6) is 0 Å². The summed E-state index contributed by atoms with van der Waals surface area (Å²) >= 11 is 0. The maximum Gasteiger partial charge on any atom is 0.338 e. The molecule has 1 aromatic carbocycles. The molecule has 0 aromatic heterocycles. The van der Waals surface area contributed by atoms with Gasteiger partial charge in [-0.05, 0) is 24.3 Å². The van der Waals surface area contributed by atoms with Crippen molar-refractivity contribution >= 4 is 11.9 Å². The van der Waals surface area contributed by atoms with E-state index < -0.39 is 11.9 Å². The van der Waals surface area contributed by atoms with Crippen molar-refractivity contribution in [1.82, 2.24) is 0 Å². The molecule has 0 unspecified atom stereocenters. The molecule has 0 heterocycles. The predicted octanol–water partition coefficient (Wildman–Crippen LogP) is 0.517. The van der Waals surface area contributed by atoms with Gasteiger partial charge in [0, 0.05) is 6.54 Å². The average molecular weight is 253 g/mol. The minimum Gasteiger partial charge on any atom is -0.478 e. The molecule has 6 heteroatoms. The van der Waals surface area contributed by atoms with Crippen LogP contribution in [0.4, 0.5) is 0 Å². The molecule has 0 fully saturated rings. The Kier molecular flexibility index (Phi) is 5.83. The van der Waals surface area contributed by atoms with Gasteiger partial charge in [-0.25, -0.2) is 9.59 Å². The standard InChI is InChI=1S/C12H15NO5/c13-5-6-17-7-8-18-12(16)10-3-1-9(2-4-10)11(14)15/h1-4H,5-8,13H2,(H,14,15). The summed E-state index contributed by atoms with van der Waals surface area (Å²) in [5.74, 6) is -1.55. The fraction of sp³-hybridized carbons (Fsp3) is 0.333. The van der Waals surface area contributed by atoms with E-state index in [0.29, 0.717) is 18.7 Å². The summed E-state index contributed by atoms with van der Waals surface area (Å²) < 4.78 is 9.96. The fourth-order valence-electron chi connectivity index (χ4n) is 1.21. The normalized spacial score (nSPS) is 10.1. The lowest BCUT2D eigenvalue weighted by molar-refractivity contribution is 0.0328. The van der Waals surface area contributed by atoms with Gasteiger partial charge >= 0.3 is 11.9 Å². The van der Waals surface area contributed by atoms with Gasteiger partial charge < -0.3 is 20.3 Å². The van der Waals surface area contributed by atoms with E-state index in [-0.39, 0.29) is 18.8 Å². The van der Waals surface area contributed by atoms with Gasteiger partial charge in [-0.3, -0.25) is 0 Å². The highest BCUT2D eigenvalue weighted by Gasteiger charge is 2.08. The third kappa shape index (κ3) is 4.52. The molecule has 18 heavy (non-hydrogen) atoms. The van der Waals surface area contributed by atoms with Crippen LogP contribution in [0.3, 0.4) is 0 Å². The van der Waals surface area contributed by atoms with Crippen LogP contribution in [-0.2, 0) is 9.47 Å². The van der Waals surface area contributed by atoms with Gasteiger partial charge in [-0.2, -0.15) is 0 Å². The number of carbonyl (C=O) groups excluding carboxylic acids is 1. The van der Waals surface area contributed by atoms with Gasteiger partial charge in [0.15, 0.2) is 0 Å². The molecule has 0 spiro atoms. The van der Waals surface area contributed by atoms with E-state index in [1.807, 2.05) is 0 Å². The number of rotatable bonds is 7. The summed E-state index contributed by atoms with van der Waals surface area (Å²) in [4.78, 5) is 22.1. The molecule has 0 radical (unpaired) electrons. The van der Waals surface area contributed by atoms with Crippen molar-refractivity contribution in [1.29, 1.82) is 0 Å². The molecule has 1 aromatic rings. The molecule has 98 valence electrons. The van der Waals surface area contributed by atoms with Crippen LogP contribution in [0.2, 0.25) is 0 Å². The van der Waals surface area contributed by atoms with E-state index in [4.69, 9.17) is 20.3 Å². The van der Waals surface area contributed by atoms with Crippen LogP contribution in [-0.4, -0.2) is 43.4 Å². The largest absolute Gasteiger partial charge is 0.478 e. The summed E-state index contributed by atoms with van der Waals surface area (Å²) in [5.41, 5.74) is 5.65. The molecule has 0 atom stereocenters. The fourth-order valence-corrected chi connectivity index (χ4v) is 1.21. The molecule has 6 nitrogen and oxygen atoms in total. The zero-order chi connectivity index (χ0) is 13.4. The Hall–Kier alpha value is -1.92. The third-order valence-corrected chi connectivity index (χ3v) is 2.09. The van der Waals surface area contributed by atoms with Crippen LogP contribution in [0.25, 0.3) is 0 Å². The van der Waals surface area contributed by atoms with Crippen molar-refractivity contribution in [3.63, 3.8) is 0 Å². The van der Waals surface area contributed by atoms with Crippen LogP contribution >= 0.6 is 0 Å². The molecule has 0 bridgehead atoms. The highest BCUT2D eigenvalue weighted by atomic mass is 16.6. The summed E-state index contributed by atoms with van der Waals surface area (Å²) in [6, 6.07) is 5.52. The Morgan fingerprint density at radius 3 is 2.22 bits per heavy atom. The SMILES string of the molecule is NCCOCCOC(=O)c1ccc(C(=O)O)cc1. The molecule has 3 N–H and O–H groups in total. The molecule has 1 rings (SSSR count). The number of hydrogen-bond donors (Lipinski definition) is 2. The smallest absolute Gasteiger partial charge is 0.338 e. The zero-order valence-corrected chi connectivity index (χ0v) is 9.80. The maximum atomic E-state index is 11.5. The molecule has 0 aliphatic rings. The van der Waals surface area contributed by atoms with E-state index in [1.54, 1.807) is 0 Å². The minimum absolute atomic E-state index is 0.123. The molecule has 0 aliphatic heterocycles. The highest BCUT2D eigenvalue weighted by Crippen LogP contribution is 2.06. The van der Waals surface area contributed by atoms with E-state index >= 15 is 0 Å². The first-order valence-corrected chi connectivity index (χ1v) is 5.43. The molecule has 0 saturated heterocycles. The first-order chi connectivity index (χ1) is 8.65. The summed E-state index contributed by atoms with van der Waals surface area (Å²) in [6.07, 6.45) is 0. The van der Waals surface area contributed by atoms with E-state index in [1.165, 1.54) is 24.3 Å². The third-order valence-electron chi connectivity index (χ3n) is 2.09. The van der Waals surface area contributed by atoms with Crippen molar-refractivity contribution in [2.24, 2.45) is 5.73 Å². The molecular formula is C12H15NO5. The van der Waals surface area contributed by atoms with Gasteiger partial charge in [0.05, 0.1) is 24.3 Å². The van der Waals surface area contributed by atoms with Crippen molar-refractivity contribution in [2.45, 2.75) is 0 Å². The van der Waals surface area contributed by atoms with Gasteiger partial charge in [0.25, 0.3) is 0 Å². The number of hydrogen-bond acceptors (Lipinski definition) is 5. The first-order valence-electron chi connectivity index (χ1n) is 5.43. The predicted molar refractivity (Wildman–Crippen MR) is 63.6 cm³/mol. The maximum absolute atomic E-state index is 11.5. The monoisotopic (exact) mass is 253 g/mol. The van der Waals surface area contributed by atoms with E-state index in [0.717, 1.165) is 0 Å². The topological polar surface area (TPSA) is 98.9 Å². The van der Waals surface area contributed by atoms with Gasteiger partial charge in [0.1, 0.15) is 6.61 Å². The van der Waals surface area contributed by atoms with Crippen molar-refractivity contribution < 1.29 is 24.2 Å². The lowest BCUT2D eigenvalue weighted by atomic mass is 10.1. The van der Waals surface area contributed by atoms with Gasteiger partial charge in [-0.15, -0.1) is 0 Å². The number of carbonyl (C=O) groups is 2. The molecule has 0 saturated carbocycles. The number of esters is 1. The average Bonchev–Trinajstić information content (AvgIpc) is 2.38. The molecular weight excluding hydrogens is 238 g/mol. The van der Waals surface area contributed by atoms with Gasteiger partial charge in [0.2, 0.25) is 0 Å². The van der Waals surface area contributed by atoms with Crippen molar-refractivity contribution in [2.75, 3.05) is 26.4 Å². The number of carboxylic acid groups (broad SMARTS) is 1. The van der Waals surface area contributed by atoms with Crippen LogP contribution in [0.1, 0.15) is 20.7 Å². The Balaban J connectivity index is 2.39. The van der Waals surface area contributed by atoms with Gasteiger partial charge in [-0.1, -0.05) is 0 Å². The lowest BCUT2D eigenvalue weighted by Gasteiger charge is -2.05. The highest BCUT2D eigenvalue weighted by molar-refractivity contribution is 5.92. The Morgan fingerprint density at radius 2 is 1.67 bits per heavy atom. The lowest BCUT2D eigenvalue weighted by Crippen LogP contribution is -2.14. The van der Waals surface area contributed by atoms with Crippen LogP contribution < -0.4 is 5.73 Å². The number of carboxylic acids is 1. The molecule has 0 amide bonds. The first kappa shape index (κ1) is 14.1. The Morgan fingerprint density at radius 1 is 1.06 bits per heavy atom. The second-order valence-corrected chi connectivity index (χ2v) is 3.42. The Bertz CT molecular complexity index is 401. The number of nitrogens with two attached hydrogens (primary N) is 1. The summed E-state index contributed by atoms with van der Waals surface area (Å²) in [7, 11) is 0.